The Kier molecular flexibility index (Phi) is 9.85. The summed E-state index contributed by atoms with van der Waals surface area (Å²) in [6, 6.07) is 8.03. The van der Waals surface area contributed by atoms with E-state index < -0.39 is 0 Å². The lowest BCUT2D eigenvalue weighted by molar-refractivity contribution is -0.116. The normalized spacial score (nSPS) is 16.7. The molecule has 0 bridgehead atoms. The van der Waals surface area contributed by atoms with E-state index in [9.17, 15) is 4.79 Å². The molecule has 1 aliphatic heterocycles. The van der Waals surface area contributed by atoms with Crippen molar-refractivity contribution in [3.8, 4) is 0 Å². The number of aliphatic imine (C=N–C) groups is 1. The van der Waals surface area contributed by atoms with Crippen LogP contribution in [-0.4, -0.2) is 31.5 Å². The Hall–Kier alpha value is -1.31. The molecule has 140 valence electrons. The van der Waals surface area contributed by atoms with Crippen LogP contribution in [0.25, 0.3) is 0 Å². The SMILES string of the molecule is CCNC(=NCC(CC)CC)NCC1CC(=O)Nc2ccccc21.I. The molecule has 0 spiro atoms. The molecule has 5 nitrogen and oxygen atoms in total. The van der Waals surface area contributed by atoms with Crippen molar-refractivity contribution < 1.29 is 4.79 Å². The number of nitrogens with one attached hydrogen (secondary N) is 3. The Morgan fingerprint density at radius 3 is 2.64 bits per heavy atom. The highest BCUT2D eigenvalue weighted by atomic mass is 127. The summed E-state index contributed by atoms with van der Waals surface area (Å²) in [6.45, 7) is 8.86. The molecule has 1 atom stereocenters. The first-order valence-corrected chi connectivity index (χ1v) is 9.08. The first kappa shape index (κ1) is 21.7. The maximum atomic E-state index is 11.9. The molecule has 1 unspecified atom stereocenters. The summed E-state index contributed by atoms with van der Waals surface area (Å²) in [4.78, 5) is 16.6. The zero-order valence-corrected chi connectivity index (χ0v) is 17.8. The minimum atomic E-state index is 0. The maximum Gasteiger partial charge on any atom is 0.225 e. The Labute approximate surface area is 168 Å². The molecule has 0 aromatic heterocycles. The van der Waals surface area contributed by atoms with E-state index in [-0.39, 0.29) is 35.8 Å². The fraction of sp³-hybridized carbons (Fsp3) is 0.579. The second-order valence-corrected chi connectivity index (χ2v) is 6.32. The Balaban J connectivity index is 0.00000312. The number of fused-ring (bicyclic) bond motifs is 1. The number of carbonyl (C=O) groups is 1. The quantitative estimate of drug-likeness (QED) is 0.332. The molecule has 0 saturated carbocycles. The molecule has 0 fully saturated rings. The molecule has 2 rings (SSSR count). The smallest absolute Gasteiger partial charge is 0.225 e. The molecular weight excluding hydrogens is 427 g/mol. The third-order valence-electron chi connectivity index (χ3n) is 4.63. The molecule has 1 aromatic rings. The fourth-order valence-electron chi connectivity index (χ4n) is 3.01. The van der Waals surface area contributed by atoms with E-state index in [0.717, 1.165) is 37.6 Å². The summed E-state index contributed by atoms with van der Waals surface area (Å²) in [5.74, 6) is 1.72. The van der Waals surface area contributed by atoms with E-state index >= 15 is 0 Å². The van der Waals surface area contributed by atoms with Crippen LogP contribution in [-0.2, 0) is 4.79 Å². The highest BCUT2D eigenvalue weighted by molar-refractivity contribution is 14.0. The lowest BCUT2D eigenvalue weighted by Gasteiger charge is -2.26. The van der Waals surface area contributed by atoms with Crippen molar-refractivity contribution in [3.05, 3.63) is 29.8 Å². The van der Waals surface area contributed by atoms with Crippen molar-refractivity contribution in [3.63, 3.8) is 0 Å². The first-order chi connectivity index (χ1) is 11.7. The molecule has 3 N–H and O–H groups in total. The second-order valence-electron chi connectivity index (χ2n) is 6.32. The lowest BCUT2D eigenvalue weighted by Crippen LogP contribution is -2.41. The van der Waals surface area contributed by atoms with Gasteiger partial charge in [-0.2, -0.15) is 0 Å². The van der Waals surface area contributed by atoms with Gasteiger partial charge in [0.05, 0.1) is 0 Å². The van der Waals surface area contributed by atoms with E-state index in [1.165, 1.54) is 5.56 Å². The summed E-state index contributed by atoms with van der Waals surface area (Å²) in [6.07, 6.45) is 2.81. The van der Waals surface area contributed by atoms with Crippen LogP contribution in [0.2, 0.25) is 0 Å². The molecular formula is C19H31IN4O. The number of halogens is 1. The van der Waals surface area contributed by atoms with Crippen molar-refractivity contribution >= 4 is 41.5 Å². The van der Waals surface area contributed by atoms with Gasteiger partial charge >= 0.3 is 0 Å². The Morgan fingerprint density at radius 2 is 1.96 bits per heavy atom. The average molecular weight is 458 g/mol. The molecule has 1 heterocycles. The summed E-state index contributed by atoms with van der Waals surface area (Å²) >= 11 is 0. The minimum Gasteiger partial charge on any atom is -0.357 e. The van der Waals surface area contributed by atoms with Gasteiger partial charge < -0.3 is 16.0 Å². The van der Waals surface area contributed by atoms with Gasteiger partial charge in [-0.15, -0.1) is 24.0 Å². The predicted molar refractivity (Wildman–Crippen MR) is 116 cm³/mol. The first-order valence-electron chi connectivity index (χ1n) is 9.08. The van der Waals surface area contributed by atoms with Crippen LogP contribution >= 0.6 is 24.0 Å². The van der Waals surface area contributed by atoms with Crippen LogP contribution in [0.5, 0.6) is 0 Å². The Bertz CT molecular complexity index is 572. The summed E-state index contributed by atoms with van der Waals surface area (Å²) in [5.41, 5.74) is 2.12. The van der Waals surface area contributed by atoms with E-state index in [4.69, 9.17) is 4.99 Å². The van der Waals surface area contributed by atoms with Crippen LogP contribution in [0.3, 0.4) is 0 Å². The van der Waals surface area contributed by atoms with Crippen molar-refractivity contribution in [2.45, 2.75) is 46.0 Å². The third kappa shape index (κ3) is 6.49. The van der Waals surface area contributed by atoms with Gasteiger partial charge in [-0.25, -0.2) is 0 Å². The average Bonchev–Trinajstić information content (AvgIpc) is 2.60. The fourth-order valence-corrected chi connectivity index (χ4v) is 3.01. The number of guanidine groups is 1. The van der Waals surface area contributed by atoms with Crippen molar-refractivity contribution in [2.75, 3.05) is 25.0 Å². The van der Waals surface area contributed by atoms with Gasteiger partial charge in [0.15, 0.2) is 5.96 Å². The number of rotatable bonds is 7. The molecule has 0 saturated heterocycles. The third-order valence-corrected chi connectivity index (χ3v) is 4.63. The van der Waals surface area contributed by atoms with Crippen molar-refractivity contribution in [1.82, 2.24) is 10.6 Å². The van der Waals surface area contributed by atoms with Gasteiger partial charge in [0.1, 0.15) is 0 Å². The molecule has 1 aliphatic rings. The number of anilines is 1. The van der Waals surface area contributed by atoms with Gasteiger partial charge in [-0.05, 0) is 24.5 Å². The molecule has 1 aromatic carbocycles. The van der Waals surface area contributed by atoms with Crippen LogP contribution in [0, 0.1) is 5.92 Å². The monoisotopic (exact) mass is 458 g/mol. The number of hydrogen-bond donors (Lipinski definition) is 3. The number of carbonyl (C=O) groups excluding carboxylic acids is 1. The zero-order chi connectivity index (χ0) is 17.4. The number of para-hydroxylation sites is 1. The van der Waals surface area contributed by atoms with Crippen LogP contribution in [0.15, 0.2) is 29.3 Å². The molecule has 0 radical (unpaired) electrons. The summed E-state index contributed by atoms with van der Waals surface area (Å²) in [7, 11) is 0. The van der Waals surface area contributed by atoms with Gasteiger partial charge in [0.25, 0.3) is 0 Å². The largest absolute Gasteiger partial charge is 0.357 e. The highest BCUT2D eigenvalue weighted by Gasteiger charge is 2.24. The van der Waals surface area contributed by atoms with E-state index in [2.05, 4.69) is 42.8 Å². The topological polar surface area (TPSA) is 65.5 Å². The van der Waals surface area contributed by atoms with Crippen LogP contribution in [0.4, 0.5) is 5.69 Å². The molecule has 1 amide bonds. The lowest BCUT2D eigenvalue weighted by atomic mass is 9.90. The molecule has 0 aliphatic carbocycles. The minimum absolute atomic E-state index is 0. The Morgan fingerprint density at radius 1 is 1.24 bits per heavy atom. The summed E-state index contributed by atoms with van der Waals surface area (Å²) < 4.78 is 0. The summed E-state index contributed by atoms with van der Waals surface area (Å²) in [5, 5.41) is 9.66. The van der Waals surface area contributed by atoms with E-state index in [1.54, 1.807) is 0 Å². The van der Waals surface area contributed by atoms with Gasteiger partial charge in [0, 0.05) is 37.7 Å². The number of benzene rings is 1. The van der Waals surface area contributed by atoms with Crippen molar-refractivity contribution in [2.24, 2.45) is 10.9 Å². The predicted octanol–water partition coefficient (Wildman–Crippen LogP) is 3.72. The van der Waals surface area contributed by atoms with E-state index in [0.29, 0.717) is 18.9 Å². The van der Waals surface area contributed by atoms with Gasteiger partial charge in [-0.3, -0.25) is 9.79 Å². The highest BCUT2D eigenvalue weighted by Crippen LogP contribution is 2.31. The molecule has 25 heavy (non-hydrogen) atoms. The molecule has 6 heteroatoms. The maximum absolute atomic E-state index is 11.9. The standard InChI is InChI=1S/C19H30N4O.HI/c1-4-14(5-2)12-21-19(20-6-3)22-13-15-11-18(24)23-17-10-8-7-9-16(15)17;/h7-10,14-15H,4-6,11-13H2,1-3H3,(H,23,24)(H2,20,21,22);1H. The van der Waals surface area contributed by atoms with Crippen LogP contribution < -0.4 is 16.0 Å². The number of hydrogen-bond acceptors (Lipinski definition) is 2. The van der Waals surface area contributed by atoms with Crippen molar-refractivity contribution in [1.29, 1.82) is 0 Å². The van der Waals surface area contributed by atoms with Gasteiger partial charge in [0.2, 0.25) is 5.91 Å². The van der Waals surface area contributed by atoms with E-state index in [1.807, 2.05) is 18.2 Å². The van der Waals surface area contributed by atoms with Gasteiger partial charge in [-0.1, -0.05) is 44.9 Å². The second kappa shape index (κ2) is 11.3. The number of amides is 1. The van der Waals surface area contributed by atoms with Crippen LogP contribution in [0.1, 0.15) is 51.5 Å². The zero-order valence-electron chi connectivity index (χ0n) is 15.5. The number of nitrogens with zero attached hydrogens (tertiary/aromatic N) is 1.